The summed E-state index contributed by atoms with van der Waals surface area (Å²) in [5.41, 5.74) is 2.42. The number of carbonyl (C=O) groups is 2. The topological polar surface area (TPSA) is 110 Å². The molecule has 2 fully saturated rings. The number of likely N-dealkylation sites (tertiary alicyclic amines) is 1. The van der Waals surface area contributed by atoms with E-state index in [0.717, 1.165) is 25.6 Å². The molecule has 0 spiro atoms. The molecule has 7 rings (SSSR count). The van der Waals surface area contributed by atoms with Gasteiger partial charge in [0.2, 0.25) is 5.43 Å². The molecule has 0 N–H and O–H groups in total. The first-order valence-electron chi connectivity index (χ1n) is 16.8. The Hall–Kier alpha value is -4.91. The third kappa shape index (κ3) is 5.47. The predicted molar refractivity (Wildman–Crippen MR) is 186 cm³/mol. The standard InChI is InChI=1S/C37H40F2N6O5/c1-8-49-35(47)24-17-43(6)34-22(33(24)46)11-20(14-41-34)23-15-40-26-12-21-27(44(7)36(48)50-37(2,3)4)13-25(38)31(39)29(21)30(26)32(23)45-10-9-19-16-42(5)18-28(19)45/h11,13-15,17,19,28H,8-10,12,16,18H2,1-7H3/t19-,28?/m0/s1. The predicted octanol–water partition coefficient (Wildman–Crippen LogP) is 5.53. The molecule has 0 radical (unpaired) electrons. The number of aryl methyl sites for hydroxylation is 1. The van der Waals surface area contributed by atoms with E-state index in [-0.39, 0.29) is 41.3 Å². The van der Waals surface area contributed by atoms with Crippen molar-refractivity contribution < 1.29 is 27.8 Å². The molecule has 3 aromatic heterocycles. The fourth-order valence-corrected chi connectivity index (χ4v) is 7.75. The molecule has 2 saturated heterocycles. The second-order valence-electron chi connectivity index (χ2n) is 14.4. The first-order chi connectivity index (χ1) is 23.7. The van der Waals surface area contributed by atoms with Gasteiger partial charge in [0, 0.05) is 93.1 Å². The van der Waals surface area contributed by atoms with Crippen LogP contribution in [0, 0.1) is 17.6 Å². The van der Waals surface area contributed by atoms with Crippen molar-refractivity contribution in [2.45, 2.75) is 52.2 Å². The normalized spacial score (nSPS) is 18.3. The quantitative estimate of drug-likeness (QED) is 0.221. The molecule has 0 saturated carbocycles. The molecule has 4 aromatic rings. The summed E-state index contributed by atoms with van der Waals surface area (Å²) >= 11 is 0. The largest absolute Gasteiger partial charge is 0.462 e. The van der Waals surface area contributed by atoms with Crippen LogP contribution in [0.5, 0.6) is 0 Å². The number of anilines is 2. The number of hydrogen-bond donors (Lipinski definition) is 0. The van der Waals surface area contributed by atoms with Crippen LogP contribution >= 0.6 is 0 Å². The molecule has 3 aliphatic rings. The number of benzene rings is 1. The Morgan fingerprint density at radius 2 is 1.84 bits per heavy atom. The molecule has 1 aliphatic carbocycles. The van der Waals surface area contributed by atoms with Gasteiger partial charge in [-0.15, -0.1) is 0 Å². The number of ether oxygens (including phenoxy) is 2. The number of hydrogen-bond acceptors (Lipinski definition) is 9. The smallest absolute Gasteiger partial charge is 0.414 e. The lowest BCUT2D eigenvalue weighted by atomic mass is 9.96. The molecule has 1 amide bonds. The zero-order valence-corrected chi connectivity index (χ0v) is 29.3. The number of halogens is 2. The van der Waals surface area contributed by atoms with Crippen LogP contribution in [-0.4, -0.2) is 83.5 Å². The average molecular weight is 687 g/mol. The molecule has 11 nitrogen and oxygen atoms in total. The minimum absolute atomic E-state index is 0.0545. The van der Waals surface area contributed by atoms with Gasteiger partial charge in [-0.3, -0.25) is 14.7 Å². The second-order valence-corrected chi connectivity index (χ2v) is 14.4. The van der Waals surface area contributed by atoms with E-state index < -0.39 is 34.7 Å². The summed E-state index contributed by atoms with van der Waals surface area (Å²) < 4.78 is 44.2. The molecule has 1 unspecified atom stereocenters. The number of carbonyl (C=O) groups excluding carboxylic acids is 2. The van der Waals surface area contributed by atoms with E-state index >= 15 is 8.78 Å². The highest BCUT2D eigenvalue weighted by molar-refractivity contribution is 6.00. The first-order valence-corrected chi connectivity index (χ1v) is 16.8. The third-order valence-electron chi connectivity index (χ3n) is 9.89. The van der Waals surface area contributed by atoms with Crippen molar-refractivity contribution >= 4 is 34.5 Å². The molecule has 1 aromatic carbocycles. The second kappa shape index (κ2) is 12.1. The first kappa shape index (κ1) is 33.6. The molecule has 0 bridgehead atoms. The Balaban J connectivity index is 1.46. The number of esters is 1. The molecular weight excluding hydrogens is 646 g/mol. The van der Waals surface area contributed by atoms with Crippen LogP contribution in [0.25, 0.3) is 33.3 Å². The summed E-state index contributed by atoms with van der Waals surface area (Å²) in [6.07, 6.45) is 5.12. The lowest BCUT2D eigenvalue weighted by Crippen LogP contribution is -2.35. The van der Waals surface area contributed by atoms with Gasteiger partial charge in [0.25, 0.3) is 0 Å². The number of rotatable bonds is 5. The van der Waals surface area contributed by atoms with E-state index in [0.29, 0.717) is 51.7 Å². The van der Waals surface area contributed by atoms with Crippen molar-refractivity contribution in [1.29, 1.82) is 0 Å². The van der Waals surface area contributed by atoms with Gasteiger partial charge < -0.3 is 23.8 Å². The van der Waals surface area contributed by atoms with Gasteiger partial charge in [-0.1, -0.05) is 0 Å². The van der Waals surface area contributed by atoms with Gasteiger partial charge in [-0.25, -0.2) is 23.4 Å². The van der Waals surface area contributed by atoms with Crippen molar-refractivity contribution in [2.75, 3.05) is 50.1 Å². The number of likely N-dealkylation sites (N-methyl/N-ethyl adjacent to an activating group) is 1. The Labute approximate surface area is 288 Å². The minimum Gasteiger partial charge on any atom is -0.462 e. The number of aromatic nitrogens is 3. The van der Waals surface area contributed by atoms with E-state index in [9.17, 15) is 14.4 Å². The molecule has 50 heavy (non-hydrogen) atoms. The molecule has 2 atom stereocenters. The summed E-state index contributed by atoms with van der Waals surface area (Å²) in [7, 11) is 5.25. The van der Waals surface area contributed by atoms with E-state index in [1.807, 2.05) is 0 Å². The lowest BCUT2D eigenvalue weighted by molar-refractivity contribution is 0.0522. The van der Waals surface area contributed by atoms with E-state index in [1.54, 1.807) is 57.8 Å². The summed E-state index contributed by atoms with van der Waals surface area (Å²) in [4.78, 5) is 54.7. The van der Waals surface area contributed by atoms with Crippen molar-refractivity contribution in [3.63, 3.8) is 0 Å². The monoisotopic (exact) mass is 686 g/mol. The molecular formula is C37H40F2N6O5. The highest BCUT2D eigenvalue weighted by Gasteiger charge is 2.44. The van der Waals surface area contributed by atoms with Crippen molar-refractivity contribution in [3.8, 4) is 22.3 Å². The van der Waals surface area contributed by atoms with Gasteiger partial charge >= 0.3 is 12.1 Å². The zero-order chi connectivity index (χ0) is 35.8. The maximum Gasteiger partial charge on any atom is 0.414 e. The highest BCUT2D eigenvalue weighted by atomic mass is 19.2. The zero-order valence-electron chi connectivity index (χ0n) is 29.3. The van der Waals surface area contributed by atoms with Gasteiger partial charge in [0.1, 0.15) is 16.8 Å². The van der Waals surface area contributed by atoms with E-state index in [4.69, 9.17) is 14.5 Å². The Kier molecular flexibility index (Phi) is 8.16. The third-order valence-corrected chi connectivity index (χ3v) is 9.89. The SMILES string of the molecule is CCOC(=O)c1cn(C)c2ncc(-c3cnc4c(c3N3CC[C@H]5CN(C)CC53)-c3c(F)c(F)cc(N(C)C(=O)OC(C)(C)C)c3C4)cc2c1=O. The van der Waals surface area contributed by atoms with Crippen LogP contribution in [0.3, 0.4) is 0 Å². The summed E-state index contributed by atoms with van der Waals surface area (Å²) in [5.74, 6) is -2.47. The van der Waals surface area contributed by atoms with Crippen molar-refractivity contribution in [1.82, 2.24) is 19.4 Å². The van der Waals surface area contributed by atoms with Crippen LogP contribution in [0.4, 0.5) is 25.0 Å². The highest BCUT2D eigenvalue weighted by Crippen LogP contribution is 2.52. The average Bonchev–Trinajstić information content (AvgIpc) is 3.75. The minimum atomic E-state index is -1.10. The van der Waals surface area contributed by atoms with Crippen LogP contribution in [0.1, 0.15) is 55.7 Å². The van der Waals surface area contributed by atoms with Crippen LogP contribution in [0.2, 0.25) is 0 Å². The summed E-state index contributed by atoms with van der Waals surface area (Å²) in [6.45, 7) is 9.37. The molecule has 2 aliphatic heterocycles. The fraction of sp³-hybridized carbons (Fsp3) is 0.432. The Morgan fingerprint density at radius 3 is 2.56 bits per heavy atom. The number of pyridine rings is 3. The van der Waals surface area contributed by atoms with E-state index in [2.05, 4.69) is 21.8 Å². The van der Waals surface area contributed by atoms with Crippen molar-refractivity contribution in [2.24, 2.45) is 13.0 Å². The lowest BCUT2D eigenvalue weighted by Gasteiger charge is -2.31. The van der Waals surface area contributed by atoms with E-state index in [1.165, 1.54) is 18.1 Å². The number of fused-ring (bicyclic) bond motifs is 5. The van der Waals surface area contributed by atoms with Crippen LogP contribution in [-0.2, 0) is 22.9 Å². The number of amides is 1. The molecule has 5 heterocycles. The van der Waals surface area contributed by atoms with Gasteiger partial charge in [0.05, 0.1) is 29.1 Å². The fourth-order valence-electron chi connectivity index (χ4n) is 7.75. The van der Waals surface area contributed by atoms with Gasteiger partial charge in [-0.2, -0.15) is 0 Å². The van der Waals surface area contributed by atoms with Gasteiger partial charge in [-0.05, 0) is 58.7 Å². The summed E-state index contributed by atoms with van der Waals surface area (Å²) in [5, 5.41) is 0.209. The molecule has 13 heteroatoms. The maximum atomic E-state index is 16.3. The van der Waals surface area contributed by atoms with Gasteiger partial charge in [0.15, 0.2) is 11.6 Å². The number of nitrogens with zero attached hydrogens (tertiary/aromatic N) is 6. The Morgan fingerprint density at radius 1 is 1.08 bits per heavy atom. The van der Waals surface area contributed by atoms with Crippen molar-refractivity contribution in [3.05, 3.63) is 69.4 Å². The Bertz CT molecular complexity index is 2140. The van der Waals surface area contributed by atoms with Crippen LogP contribution in [0.15, 0.2) is 35.5 Å². The summed E-state index contributed by atoms with van der Waals surface area (Å²) in [6, 6.07) is 2.81. The molecule has 262 valence electrons. The maximum absolute atomic E-state index is 16.3. The van der Waals surface area contributed by atoms with Crippen LogP contribution < -0.4 is 15.2 Å².